The van der Waals surface area contributed by atoms with Crippen molar-refractivity contribution in [2.45, 2.75) is 82.1 Å². The molecule has 1 aromatic carbocycles. The van der Waals surface area contributed by atoms with Crippen LogP contribution in [0.25, 0.3) is 0 Å². The van der Waals surface area contributed by atoms with E-state index in [1.54, 1.807) is 0 Å². The minimum absolute atomic E-state index is 0.211. The van der Waals surface area contributed by atoms with Gasteiger partial charge in [-0.05, 0) is 30.9 Å². The Morgan fingerprint density at radius 1 is 0.968 bits per heavy atom. The van der Waals surface area contributed by atoms with Crippen LogP contribution in [0.15, 0.2) is 18.2 Å². The first-order valence-electron chi connectivity index (χ1n) is 11.1. The highest BCUT2D eigenvalue weighted by Crippen LogP contribution is 2.36. The highest BCUT2D eigenvalue weighted by molar-refractivity contribution is 6.58. The van der Waals surface area contributed by atoms with Gasteiger partial charge >= 0.3 is 12.1 Å². The van der Waals surface area contributed by atoms with E-state index < -0.39 is 39.1 Å². The number of halogens is 6. The summed E-state index contributed by atoms with van der Waals surface area (Å²) in [6.45, 7) is 0.692. The highest BCUT2D eigenvalue weighted by atomic mass is 28.3. The largest absolute Gasteiger partial charge is 0.493 e. The summed E-state index contributed by atoms with van der Waals surface area (Å²) in [5, 5.41) is 0. The van der Waals surface area contributed by atoms with E-state index in [1.165, 1.54) is 56.3 Å². The molecule has 178 valence electrons. The molecule has 1 aromatic rings. The topological polar surface area (TPSA) is 18.5 Å². The molecule has 0 saturated carbocycles. The van der Waals surface area contributed by atoms with Crippen LogP contribution in [0.2, 0.25) is 18.1 Å². The van der Waals surface area contributed by atoms with Crippen molar-refractivity contribution in [3.8, 4) is 11.5 Å². The number of unbranched alkanes of at least 4 members (excludes halogenated alkanes) is 4. The standard InChI is InChI=1S/C22H32F6O2Si/c1-2-3-4-5-6-11-31-12-9-17(10-13-31)15-29-18-7-8-20(19(23)14-18)30-16-21(24,25)22(26,27)28/h7-8,14,17,31H,2-6,9-13,15-16H2,1H3. The van der Waals surface area contributed by atoms with Crippen molar-refractivity contribution in [2.24, 2.45) is 5.92 Å². The first-order valence-corrected chi connectivity index (χ1v) is 13.6. The molecule has 1 saturated heterocycles. The van der Waals surface area contributed by atoms with Crippen molar-refractivity contribution in [3.05, 3.63) is 24.0 Å². The molecule has 9 heteroatoms. The summed E-state index contributed by atoms with van der Waals surface area (Å²) >= 11 is 0. The molecule has 1 fully saturated rings. The van der Waals surface area contributed by atoms with Crippen molar-refractivity contribution in [1.82, 2.24) is 0 Å². The zero-order valence-corrected chi connectivity index (χ0v) is 19.1. The lowest BCUT2D eigenvalue weighted by molar-refractivity contribution is -0.290. The van der Waals surface area contributed by atoms with Gasteiger partial charge in [-0.2, -0.15) is 22.0 Å². The highest BCUT2D eigenvalue weighted by Gasteiger charge is 2.58. The zero-order valence-electron chi connectivity index (χ0n) is 18.0. The molecule has 0 atom stereocenters. The van der Waals surface area contributed by atoms with Gasteiger partial charge in [-0.25, -0.2) is 4.39 Å². The number of hydrogen-bond donors (Lipinski definition) is 0. The van der Waals surface area contributed by atoms with E-state index in [4.69, 9.17) is 4.74 Å². The summed E-state index contributed by atoms with van der Waals surface area (Å²) in [6.07, 6.45) is 3.08. The number of ether oxygens (including phenoxy) is 2. The molecule has 0 N–H and O–H groups in total. The second-order valence-corrected chi connectivity index (χ2v) is 11.9. The van der Waals surface area contributed by atoms with E-state index in [1.807, 2.05) is 0 Å². The Balaban J connectivity index is 1.71. The van der Waals surface area contributed by atoms with Crippen LogP contribution >= 0.6 is 0 Å². The van der Waals surface area contributed by atoms with Crippen LogP contribution in [-0.2, 0) is 0 Å². The predicted molar refractivity (Wildman–Crippen MR) is 111 cm³/mol. The number of benzene rings is 1. The normalized spacial score (nSPS) is 20.0. The summed E-state index contributed by atoms with van der Waals surface area (Å²) in [5.41, 5.74) is 0. The first-order chi connectivity index (χ1) is 14.6. The van der Waals surface area contributed by atoms with Crippen LogP contribution in [0.4, 0.5) is 26.3 Å². The summed E-state index contributed by atoms with van der Waals surface area (Å²) in [5.74, 6) is -6.13. The first kappa shape index (κ1) is 25.9. The third-order valence-electron chi connectivity index (χ3n) is 5.89. The number of alkyl halides is 5. The van der Waals surface area contributed by atoms with Gasteiger partial charge in [0.25, 0.3) is 0 Å². The lowest BCUT2D eigenvalue weighted by Gasteiger charge is -2.27. The molecular weight excluding hydrogens is 438 g/mol. The van der Waals surface area contributed by atoms with Gasteiger partial charge in [-0.15, -0.1) is 0 Å². The Bertz CT molecular complexity index is 660. The molecule has 2 rings (SSSR count). The van der Waals surface area contributed by atoms with Crippen LogP contribution < -0.4 is 9.47 Å². The van der Waals surface area contributed by atoms with Gasteiger partial charge in [0, 0.05) is 14.9 Å². The Labute approximate surface area is 181 Å². The average molecular weight is 471 g/mol. The number of rotatable bonds is 12. The minimum Gasteiger partial charge on any atom is -0.493 e. The molecule has 0 aliphatic carbocycles. The summed E-state index contributed by atoms with van der Waals surface area (Å²) in [6, 6.07) is 7.31. The van der Waals surface area contributed by atoms with Gasteiger partial charge in [-0.1, -0.05) is 57.2 Å². The van der Waals surface area contributed by atoms with E-state index >= 15 is 0 Å². The summed E-state index contributed by atoms with van der Waals surface area (Å²) in [7, 11) is -0.638. The molecule has 31 heavy (non-hydrogen) atoms. The van der Waals surface area contributed by atoms with Gasteiger partial charge in [0.2, 0.25) is 0 Å². The SMILES string of the molecule is CCCCCCC[SiH]1CCC(COc2ccc(OCC(F)(F)C(F)(F)F)c(F)c2)CC1. The predicted octanol–water partition coefficient (Wildman–Crippen LogP) is 7.39. The smallest absolute Gasteiger partial charge is 0.456 e. The van der Waals surface area contributed by atoms with Gasteiger partial charge in [0.15, 0.2) is 18.2 Å². The maximum absolute atomic E-state index is 14.0. The lowest BCUT2D eigenvalue weighted by atomic mass is 10.0. The third-order valence-corrected chi connectivity index (χ3v) is 9.42. The molecule has 0 bridgehead atoms. The molecule has 0 radical (unpaired) electrons. The Kier molecular flexibility index (Phi) is 10.0. The summed E-state index contributed by atoms with van der Waals surface area (Å²) in [4.78, 5) is 0. The molecule has 0 spiro atoms. The van der Waals surface area contributed by atoms with Crippen LogP contribution in [0, 0.1) is 11.7 Å². The van der Waals surface area contributed by atoms with Gasteiger partial charge in [0.1, 0.15) is 5.75 Å². The lowest BCUT2D eigenvalue weighted by Crippen LogP contribution is -2.41. The molecule has 2 nitrogen and oxygen atoms in total. The third kappa shape index (κ3) is 8.58. The maximum atomic E-state index is 14.0. The van der Waals surface area contributed by atoms with E-state index in [0.29, 0.717) is 12.5 Å². The molecule has 0 amide bonds. The van der Waals surface area contributed by atoms with E-state index in [0.717, 1.165) is 25.0 Å². The molecular formula is C22H32F6O2Si. The van der Waals surface area contributed by atoms with Crippen molar-refractivity contribution in [1.29, 1.82) is 0 Å². The molecule has 0 aromatic heterocycles. The van der Waals surface area contributed by atoms with Crippen LogP contribution in [0.5, 0.6) is 11.5 Å². The van der Waals surface area contributed by atoms with Crippen LogP contribution in [-0.4, -0.2) is 34.1 Å². The molecule has 1 heterocycles. The van der Waals surface area contributed by atoms with E-state index in [9.17, 15) is 26.3 Å². The van der Waals surface area contributed by atoms with Gasteiger partial charge < -0.3 is 9.47 Å². The molecule has 0 unspecified atom stereocenters. The fraction of sp³-hybridized carbons (Fsp3) is 0.727. The minimum atomic E-state index is -5.75. The Hall–Kier alpha value is -1.38. The Morgan fingerprint density at radius 3 is 2.26 bits per heavy atom. The molecule has 1 aliphatic rings. The summed E-state index contributed by atoms with van der Waals surface area (Å²) < 4.78 is 86.3. The fourth-order valence-corrected chi connectivity index (χ4v) is 7.49. The number of hydrogen-bond acceptors (Lipinski definition) is 2. The monoisotopic (exact) mass is 470 g/mol. The fourth-order valence-electron chi connectivity index (χ4n) is 3.88. The van der Waals surface area contributed by atoms with E-state index in [2.05, 4.69) is 11.7 Å². The average Bonchev–Trinajstić information content (AvgIpc) is 2.71. The second kappa shape index (κ2) is 12.0. The second-order valence-electron chi connectivity index (χ2n) is 8.48. The quantitative estimate of drug-likeness (QED) is 0.180. The van der Waals surface area contributed by atoms with Crippen molar-refractivity contribution >= 4 is 8.80 Å². The van der Waals surface area contributed by atoms with Crippen LogP contribution in [0.1, 0.15) is 51.9 Å². The zero-order chi connectivity index (χ0) is 22.9. The van der Waals surface area contributed by atoms with Crippen molar-refractivity contribution in [2.75, 3.05) is 13.2 Å². The van der Waals surface area contributed by atoms with Crippen LogP contribution in [0.3, 0.4) is 0 Å². The van der Waals surface area contributed by atoms with Gasteiger partial charge in [0.05, 0.1) is 6.61 Å². The maximum Gasteiger partial charge on any atom is 0.456 e. The van der Waals surface area contributed by atoms with E-state index in [-0.39, 0.29) is 5.75 Å². The Morgan fingerprint density at radius 2 is 1.65 bits per heavy atom. The van der Waals surface area contributed by atoms with Crippen molar-refractivity contribution in [3.63, 3.8) is 0 Å². The van der Waals surface area contributed by atoms with Gasteiger partial charge in [-0.3, -0.25) is 0 Å². The van der Waals surface area contributed by atoms with Crippen molar-refractivity contribution < 1.29 is 35.8 Å². The molecule has 1 aliphatic heterocycles.